The Labute approximate surface area is 194 Å². The molecule has 3 rings (SSSR count). The van der Waals surface area contributed by atoms with Gasteiger partial charge in [-0.25, -0.2) is 8.42 Å². The molecular weight excluding hydrogens is 476 g/mol. The zero-order chi connectivity index (χ0) is 23.5. The Hall–Kier alpha value is -2.62. The molecule has 12 heteroatoms. The first-order chi connectivity index (χ1) is 15.2. The van der Waals surface area contributed by atoms with Crippen molar-refractivity contribution in [1.82, 2.24) is 9.37 Å². The van der Waals surface area contributed by atoms with Crippen molar-refractivity contribution in [2.75, 3.05) is 31.1 Å². The number of hydrogen-bond acceptors (Lipinski definition) is 7. The van der Waals surface area contributed by atoms with Crippen LogP contribution in [0.15, 0.2) is 47.4 Å². The van der Waals surface area contributed by atoms with Gasteiger partial charge in [-0.2, -0.15) is 5.26 Å². The van der Waals surface area contributed by atoms with Gasteiger partial charge in [0, 0.05) is 24.1 Å². The number of carbonyl (C=O) groups is 2. The number of hydroxylamine groups is 1. The van der Waals surface area contributed by atoms with Crippen LogP contribution in [0.5, 0.6) is 0 Å². The fourth-order valence-corrected chi connectivity index (χ4v) is 5.58. The topological polar surface area (TPSA) is 120 Å². The maximum atomic E-state index is 13.1. The summed E-state index contributed by atoms with van der Waals surface area (Å²) in [5, 5.41) is 11.6. The standard InChI is InChI=1S/C20H19ClN4O5S2/c1-24(30-2)32(28,29)18-9-14(5-8-16(18)21)20(27)25-12-31-11-17(25)19(26)23-15-6-3-13(10-22)4-7-15/h3-9,17H,11-12H2,1-2H3,(H,23,26). The van der Waals surface area contributed by atoms with Crippen LogP contribution < -0.4 is 5.32 Å². The van der Waals surface area contributed by atoms with Gasteiger partial charge >= 0.3 is 0 Å². The number of benzene rings is 2. The fourth-order valence-electron chi connectivity index (χ4n) is 2.95. The van der Waals surface area contributed by atoms with E-state index in [-0.39, 0.29) is 27.3 Å². The van der Waals surface area contributed by atoms with Gasteiger partial charge in [-0.1, -0.05) is 16.1 Å². The summed E-state index contributed by atoms with van der Waals surface area (Å²) in [5.74, 6) is -0.219. The molecule has 1 aliphatic heterocycles. The van der Waals surface area contributed by atoms with Crippen molar-refractivity contribution in [2.24, 2.45) is 0 Å². The molecule has 0 aromatic heterocycles. The molecule has 2 aromatic carbocycles. The van der Waals surface area contributed by atoms with Crippen LogP contribution in [-0.2, 0) is 19.7 Å². The Bertz CT molecular complexity index is 1180. The maximum absolute atomic E-state index is 13.1. The summed E-state index contributed by atoms with van der Waals surface area (Å²) in [6.07, 6.45) is 0. The zero-order valence-corrected chi connectivity index (χ0v) is 19.5. The van der Waals surface area contributed by atoms with Crippen LogP contribution in [0.1, 0.15) is 15.9 Å². The van der Waals surface area contributed by atoms with Gasteiger partial charge in [0.25, 0.3) is 15.9 Å². The molecule has 2 aromatic rings. The number of hydrogen-bond donors (Lipinski definition) is 1. The van der Waals surface area contributed by atoms with Crippen LogP contribution in [0, 0.1) is 11.3 Å². The fraction of sp³-hybridized carbons (Fsp3) is 0.250. The SMILES string of the molecule is CON(C)S(=O)(=O)c1cc(C(=O)N2CSCC2C(=O)Nc2ccc(C#N)cc2)ccc1Cl. The number of nitrogens with one attached hydrogen (secondary N) is 1. The highest BCUT2D eigenvalue weighted by Crippen LogP contribution is 2.29. The first-order valence-electron chi connectivity index (χ1n) is 9.21. The number of nitrogens with zero attached hydrogens (tertiary/aromatic N) is 3. The molecule has 9 nitrogen and oxygen atoms in total. The minimum Gasteiger partial charge on any atom is -0.324 e. The van der Waals surface area contributed by atoms with Crippen molar-refractivity contribution in [2.45, 2.75) is 10.9 Å². The van der Waals surface area contributed by atoms with Gasteiger partial charge in [0.2, 0.25) is 5.91 Å². The Morgan fingerprint density at radius 3 is 2.59 bits per heavy atom. The summed E-state index contributed by atoms with van der Waals surface area (Å²) in [4.78, 5) is 31.8. The van der Waals surface area contributed by atoms with E-state index < -0.39 is 22.0 Å². The van der Waals surface area contributed by atoms with Crippen molar-refractivity contribution in [1.29, 1.82) is 5.26 Å². The van der Waals surface area contributed by atoms with Gasteiger partial charge in [-0.15, -0.1) is 11.8 Å². The van der Waals surface area contributed by atoms with E-state index in [1.807, 2.05) is 6.07 Å². The number of nitriles is 1. The van der Waals surface area contributed by atoms with E-state index in [0.29, 0.717) is 21.5 Å². The van der Waals surface area contributed by atoms with Crippen molar-refractivity contribution in [3.63, 3.8) is 0 Å². The van der Waals surface area contributed by atoms with Gasteiger partial charge in [-0.05, 0) is 42.5 Å². The molecule has 1 heterocycles. The summed E-state index contributed by atoms with van der Waals surface area (Å²) >= 11 is 7.47. The highest BCUT2D eigenvalue weighted by molar-refractivity contribution is 7.99. The van der Waals surface area contributed by atoms with Gasteiger partial charge in [0.1, 0.15) is 10.9 Å². The third-order valence-electron chi connectivity index (χ3n) is 4.78. The molecule has 1 unspecified atom stereocenters. The molecule has 1 aliphatic rings. The average molecular weight is 495 g/mol. The molecule has 1 saturated heterocycles. The second kappa shape index (κ2) is 9.89. The van der Waals surface area contributed by atoms with E-state index in [4.69, 9.17) is 21.7 Å². The lowest BCUT2D eigenvalue weighted by Crippen LogP contribution is -2.44. The molecule has 1 N–H and O–H groups in total. The molecule has 2 amide bonds. The monoisotopic (exact) mass is 494 g/mol. The predicted molar refractivity (Wildman–Crippen MR) is 120 cm³/mol. The first-order valence-corrected chi connectivity index (χ1v) is 12.2. The Balaban J connectivity index is 1.83. The van der Waals surface area contributed by atoms with E-state index in [1.54, 1.807) is 24.3 Å². The molecule has 0 aliphatic carbocycles. The molecule has 0 bridgehead atoms. The molecule has 1 atom stereocenters. The second-order valence-corrected chi connectivity index (χ2v) is 10.0. The number of carbonyl (C=O) groups excluding carboxylic acids is 2. The predicted octanol–water partition coefficient (Wildman–Crippen LogP) is 2.55. The van der Waals surface area contributed by atoms with Crippen molar-refractivity contribution in [3.8, 4) is 6.07 Å². The first kappa shape index (κ1) is 24.0. The molecule has 1 fully saturated rings. The van der Waals surface area contributed by atoms with Crippen LogP contribution in [0.2, 0.25) is 5.02 Å². The Morgan fingerprint density at radius 2 is 1.97 bits per heavy atom. The van der Waals surface area contributed by atoms with E-state index >= 15 is 0 Å². The third kappa shape index (κ3) is 4.90. The summed E-state index contributed by atoms with van der Waals surface area (Å²) < 4.78 is 25.9. The van der Waals surface area contributed by atoms with Gasteiger partial charge in [0.15, 0.2) is 0 Å². The van der Waals surface area contributed by atoms with E-state index in [0.717, 1.165) is 0 Å². The number of halogens is 1. The zero-order valence-electron chi connectivity index (χ0n) is 17.1. The van der Waals surface area contributed by atoms with Gasteiger partial charge in [-0.3, -0.25) is 14.4 Å². The summed E-state index contributed by atoms with van der Waals surface area (Å²) in [5.41, 5.74) is 1.04. The number of amides is 2. The lowest BCUT2D eigenvalue weighted by molar-refractivity contribution is -0.119. The maximum Gasteiger partial charge on any atom is 0.266 e. The normalized spacial score (nSPS) is 16.1. The van der Waals surface area contributed by atoms with Crippen molar-refractivity contribution in [3.05, 3.63) is 58.6 Å². The third-order valence-corrected chi connectivity index (χ3v) is 7.95. The van der Waals surface area contributed by atoms with E-state index in [1.165, 1.54) is 49.0 Å². The van der Waals surface area contributed by atoms with Crippen LogP contribution >= 0.6 is 23.4 Å². The van der Waals surface area contributed by atoms with E-state index in [2.05, 4.69) is 5.32 Å². The number of anilines is 1. The quantitative estimate of drug-likeness (QED) is 0.612. The average Bonchev–Trinajstić information content (AvgIpc) is 3.28. The minimum atomic E-state index is -4.07. The molecule has 0 radical (unpaired) electrons. The Kier molecular flexibility index (Phi) is 7.43. The van der Waals surface area contributed by atoms with E-state index in [9.17, 15) is 18.0 Å². The molecular formula is C20H19ClN4O5S2. The smallest absolute Gasteiger partial charge is 0.266 e. The number of rotatable bonds is 6. The second-order valence-electron chi connectivity index (χ2n) is 6.71. The summed E-state index contributed by atoms with van der Waals surface area (Å²) in [6, 6.07) is 11.5. The van der Waals surface area contributed by atoms with Gasteiger partial charge in [0.05, 0.1) is 29.6 Å². The van der Waals surface area contributed by atoms with Crippen LogP contribution in [-0.4, -0.2) is 61.4 Å². The lowest BCUT2D eigenvalue weighted by atomic mass is 10.1. The highest BCUT2D eigenvalue weighted by Gasteiger charge is 2.36. The highest BCUT2D eigenvalue weighted by atomic mass is 35.5. The molecule has 168 valence electrons. The summed E-state index contributed by atoms with van der Waals surface area (Å²) in [6.45, 7) is 0. The van der Waals surface area contributed by atoms with Gasteiger partial charge < -0.3 is 10.2 Å². The van der Waals surface area contributed by atoms with Crippen LogP contribution in [0.3, 0.4) is 0 Å². The van der Waals surface area contributed by atoms with Crippen LogP contribution in [0.4, 0.5) is 5.69 Å². The lowest BCUT2D eigenvalue weighted by Gasteiger charge is -2.23. The molecule has 0 saturated carbocycles. The Morgan fingerprint density at radius 1 is 1.28 bits per heavy atom. The van der Waals surface area contributed by atoms with Crippen LogP contribution in [0.25, 0.3) is 0 Å². The largest absolute Gasteiger partial charge is 0.324 e. The van der Waals surface area contributed by atoms with Crippen molar-refractivity contribution >= 4 is 50.9 Å². The number of sulfonamides is 1. The number of thioether (sulfide) groups is 1. The minimum absolute atomic E-state index is 0.0589. The van der Waals surface area contributed by atoms with Crippen molar-refractivity contribution < 1.29 is 22.8 Å². The molecule has 0 spiro atoms. The summed E-state index contributed by atoms with van der Waals surface area (Å²) in [7, 11) is -1.67. The molecule has 32 heavy (non-hydrogen) atoms.